The molecule has 0 aromatic carbocycles. The molecule has 0 spiro atoms. The zero-order valence-electron chi connectivity index (χ0n) is 11.4. The second-order valence-electron chi connectivity index (χ2n) is 5.36. The number of carbonyl (C=O) groups is 3. The third-order valence-electron chi connectivity index (χ3n) is 2.61. The molecule has 18 heavy (non-hydrogen) atoms. The van der Waals surface area contributed by atoms with Gasteiger partial charge in [0.25, 0.3) is 0 Å². The van der Waals surface area contributed by atoms with Crippen LogP contribution in [0.3, 0.4) is 0 Å². The van der Waals surface area contributed by atoms with Crippen LogP contribution in [0.2, 0.25) is 0 Å². The van der Waals surface area contributed by atoms with Gasteiger partial charge in [-0.3, -0.25) is 4.79 Å². The summed E-state index contributed by atoms with van der Waals surface area (Å²) in [5, 5.41) is 0. The van der Waals surface area contributed by atoms with E-state index in [-0.39, 0.29) is 12.3 Å². The van der Waals surface area contributed by atoms with E-state index in [9.17, 15) is 14.4 Å². The summed E-state index contributed by atoms with van der Waals surface area (Å²) in [5.41, 5.74) is -0.718. The van der Waals surface area contributed by atoms with Crippen LogP contribution in [-0.4, -0.2) is 41.6 Å². The molecule has 0 saturated carbocycles. The van der Waals surface area contributed by atoms with E-state index in [4.69, 9.17) is 4.74 Å². The Morgan fingerprint density at radius 1 is 1.33 bits per heavy atom. The first-order chi connectivity index (χ1) is 8.17. The predicted molar refractivity (Wildman–Crippen MR) is 62.7 cm³/mol. The Bertz CT molecular complexity index is 371. The average molecular weight is 257 g/mol. The fourth-order valence-corrected chi connectivity index (χ4v) is 1.80. The number of hydrogen-bond donors (Lipinski definition) is 0. The average Bonchev–Trinajstić information content (AvgIpc) is 2.52. The molecule has 0 bridgehead atoms. The van der Waals surface area contributed by atoms with Gasteiger partial charge in [-0.2, -0.15) is 0 Å². The first-order valence-corrected chi connectivity index (χ1v) is 5.81. The summed E-state index contributed by atoms with van der Waals surface area (Å²) in [6.07, 6.45) is -0.530. The number of likely N-dealkylation sites (tertiary alicyclic amines) is 1. The smallest absolute Gasteiger partial charge is 0.417 e. The van der Waals surface area contributed by atoms with E-state index in [2.05, 4.69) is 4.74 Å². The van der Waals surface area contributed by atoms with Gasteiger partial charge in [0.1, 0.15) is 11.6 Å². The van der Waals surface area contributed by atoms with E-state index >= 15 is 0 Å². The number of ether oxygens (including phenoxy) is 2. The number of rotatable bonds is 1. The van der Waals surface area contributed by atoms with Gasteiger partial charge in [0.15, 0.2) is 0 Å². The van der Waals surface area contributed by atoms with Gasteiger partial charge in [0, 0.05) is 5.92 Å². The number of amides is 2. The molecule has 0 aromatic rings. The summed E-state index contributed by atoms with van der Waals surface area (Å²) >= 11 is 0. The van der Waals surface area contributed by atoms with Crippen molar-refractivity contribution in [3.8, 4) is 0 Å². The lowest BCUT2D eigenvalue weighted by molar-refractivity contribution is -0.148. The molecule has 0 aromatic heterocycles. The summed E-state index contributed by atoms with van der Waals surface area (Å²) in [6.45, 7) is 6.76. The van der Waals surface area contributed by atoms with Crippen molar-refractivity contribution in [1.82, 2.24) is 4.90 Å². The van der Waals surface area contributed by atoms with E-state index in [1.54, 1.807) is 27.7 Å². The highest BCUT2D eigenvalue weighted by Crippen LogP contribution is 2.27. The molecule has 0 aliphatic carbocycles. The van der Waals surface area contributed by atoms with E-state index < -0.39 is 29.6 Å². The van der Waals surface area contributed by atoms with Gasteiger partial charge in [-0.1, -0.05) is 6.92 Å². The minimum atomic E-state index is -0.882. The fraction of sp³-hybridized carbons (Fsp3) is 0.750. The number of methoxy groups -OCH3 is 1. The van der Waals surface area contributed by atoms with Crippen molar-refractivity contribution in [3.63, 3.8) is 0 Å². The maximum atomic E-state index is 11.9. The van der Waals surface area contributed by atoms with Crippen LogP contribution >= 0.6 is 0 Å². The van der Waals surface area contributed by atoms with Crippen molar-refractivity contribution < 1.29 is 23.9 Å². The molecule has 1 unspecified atom stereocenters. The van der Waals surface area contributed by atoms with E-state index in [1.165, 1.54) is 7.11 Å². The van der Waals surface area contributed by atoms with E-state index in [0.29, 0.717) is 0 Å². The molecule has 1 saturated heterocycles. The molecular formula is C12H19NO5. The largest absolute Gasteiger partial charge is 0.467 e. The molecule has 1 aliphatic heterocycles. The highest BCUT2D eigenvalue weighted by molar-refractivity contribution is 6.00. The van der Waals surface area contributed by atoms with Crippen molar-refractivity contribution in [2.75, 3.05) is 7.11 Å². The van der Waals surface area contributed by atoms with Crippen molar-refractivity contribution >= 4 is 18.0 Å². The number of hydrogen-bond acceptors (Lipinski definition) is 5. The summed E-state index contributed by atoms with van der Waals surface area (Å²) in [4.78, 5) is 36.2. The maximum Gasteiger partial charge on any atom is 0.417 e. The first kappa shape index (κ1) is 14.5. The SMILES string of the molecule is COC(=O)C1C[C@H](C)C(=O)N1C(=O)OC(C)(C)C. The first-order valence-electron chi connectivity index (χ1n) is 5.81. The molecular weight excluding hydrogens is 238 g/mol. The Morgan fingerprint density at radius 3 is 2.33 bits per heavy atom. The number of nitrogens with zero attached hydrogens (tertiary/aromatic N) is 1. The Balaban J connectivity index is 2.91. The third-order valence-corrected chi connectivity index (χ3v) is 2.61. The van der Waals surface area contributed by atoms with Crippen molar-refractivity contribution in [3.05, 3.63) is 0 Å². The van der Waals surface area contributed by atoms with Gasteiger partial charge < -0.3 is 9.47 Å². The monoisotopic (exact) mass is 257 g/mol. The van der Waals surface area contributed by atoms with Gasteiger partial charge in [0.2, 0.25) is 5.91 Å². The van der Waals surface area contributed by atoms with Gasteiger partial charge in [-0.15, -0.1) is 0 Å². The highest BCUT2D eigenvalue weighted by Gasteiger charge is 2.46. The Hall–Kier alpha value is -1.59. The molecule has 6 nitrogen and oxygen atoms in total. The fourth-order valence-electron chi connectivity index (χ4n) is 1.80. The van der Waals surface area contributed by atoms with Crippen LogP contribution in [0.4, 0.5) is 4.79 Å². The summed E-state index contributed by atoms with van der Waals surface area (Å²) in [5.74, 6) is -1.39. The van der Waals surface area contributed by atoms with Crippen LogP contribution < -0.4 is 0 Å². The lowest BCUT2D eigenvalue weighted by Gasteiger charge is -2.26. The number of carbonyl (C=O) groups excluding carboxylic acids is 3. The molecule has 102 valence electrons. The second kappa shape index (κ2) is 4.96. The van der Waals surface area contributed by atoms with Crippen LogP contribution in [0, 0.1) is 5.92 Å². The van der Waals surface area contributed by atoms with Crippen molar-refractivity contribution in [1.29, 1.82) is 0 Å². The van der Waals surface area contributed by atoms with Crippen LogP contribution in [-0.2, 0) is 19.1 Å². The standard InChI is InChI=1S/C12H19NO5/c1-7-6-8(10(15)17-5)13(9(7)14)11(16)18-12(2,3)4/h7-8H,6H2,1-5H3/t7-,8?/m0/s1. The molecule has 1 aliphatic rings. The third kappa shape index (κ3) is 3.00. The normalized spacial score (nSPS) is 24.1. The molecule has 0 N–H and O–H groups in total. The molecule has 0 radical (unpaired) electrons. The van der Waals surface area contributed by atoms with Gasteiger partial charge >= 0.3 is 12.1 Å². The van der Waals surface area contributed by atoms with E-state index in [0.717, 1.165) is 4.90 Å². The van der Waals surface area contributed by atoms with E-state index in [1.807, 2.05) is 0 Å². The minimum Gasteiger partial charge on any atom is -0.467 e. The summed E-state index contributed by atoms with van der Waals surface area (Å²) in [6, 6.07) is -0.882. The van der Waals surface area contributed by atoms with Crippen molar-refractivity contribution in [2.45, 2.75) is 45.8 Å². The van der Waals surface area contributed by atoms with Crippen LogP contribution in [0.25, 0.3) is 0 Å². The zero-order valence-corrected chi connectivity index (χ0v) is 11.4. The maximum absolute atomic E-state index is 11.9. The Labute approximate surface area is 106 Å². The minimum absolute atomic E-state index is 0.269. The van der Waals surface area contributed by atoms with Gasteiger partial charge in [-0.05, 0) is 27.2 Å². The van der Waals surface area contributed by atoms with Crippen LogP contribution in [0.15, 0.2) is 0 Å². The topological polar surface area (TPSA) is 72.9 Å². The Kier molecular flexibility index (Phi) is 3.98. The zero-order chi connectivity index (χ0) is 14.1. The molecule has 1 rings (SSSR count). The molecule has 6 heteroatoms. The van der Waals surface area contributed by atoms with Gasteiger partial charge in [0.05, 0.1) is 7.11 Å². The number of esters is 1. The predicted octanol–water partition coefficient (Wildman–Crippen LogP) is 1.33. The second-order valence-corrected chi connectivity index (χ2v) is 5.36. The summed E-state index contributed by atoms with van der Waals surface area (Å²) in [7, 11) is 1.23. The quantitative estimate of drug-likeness (QED) is 0.663. The molecule has 1 fully saturated rings. The lowest BCUT2D eigenvalue weighted by Crippen LogP contribution is -2.46. The van der Waals surface area contributed by atoms with Crippen LogP contribution in [0.1, 0.15) is 34.1 Å². The Morgan fingerprint density at radius 2 is 1.89 bits per heavy atom. The summed E-state index contributed by atoms with van der Waals surface area (Å²) < 4.78 is 9.72. The lowest BCUT2D eigenvalue weighted by atomic mass is 10.1. The van der Waals surface area contributed by atoms with Crippen LogP contribution in [0.5, 0.6) is 0 Å². The van der Waals surface area contributed by atoms with Crippen molar-refractivity contribution in [2.24, 2.45) is 5.92 Å². The molecule has 2 atom stereocenters. The molecule has 1 heterocycles. The number of imide groups is 1. The highest BCUT2D eigenvalue weighted by atomic mass is 16.6. The van der Waals surface area contributed by atoms with Gasteiger partial charge in [-0.25, -0.2) is 14.5 Å². The molecule has 2 amide bonds.